The van der Waals surface area contributed by atoms with Gasteiger partial charge in [-0.2, -0.15) is 0 Å². The zero-order valence-electron chi connectivity index (χ0n) is 21.2. The number of rotatable bonds is 6. The van der Waals surface area contributed by atoms with E-state index in [1.54, 1.807) is 33.4 Å². The quantitative estimate of drug-likeness (QED) is 0.483. The van der Waals surface area contributed by atoms with Gasteiger partial charge < -0.3 is 24.8 Å². The normalized spacial score (nSPS) is 29.9. The van der Waals surface area contributed by atoms with E-state index in [4.69, 9.17) is 0 Å². The predicted molar refractivity (Wildman–Crippen MR) is 137 cm³/mol. The van der Waals surface area contributed by atoms with Crippen molar-refractivity contribution in [2.75, 3.05) is 0 Å². The molecular formula is C32H38Cl2Zr. The summed E-state index contributed by atoms with van der Waals surface area (Å²) in [6, 6.07) is 9.36. The molecule has 1 aromatic carbocycles. The molecule has 0 saturated heterocycles. The topological polar surface area (TPSA) is 0 Å². The number of hydrogen-bond acceptors (Lipinski definition) is 0. The van der Waals surface area contributed by atoms with Gasteiger partial charge in [-0.3, -0.25) is 0 Å². The number of allylic oxidation sites excluding steroid dienone is 10. The van der Waals surface area contributed by atoms with Crippen molar-refractivity contribution in [1.29, 1.82) is 0 Å². The van der Waals surface area contributed by atoms with Crippen LogP contribution in [-0.2, 0) is 29.7 Å². The molecule has 0 heterocycles. The molecule has 0 amide bonds. The van der Waals surface area contributed by atoms with Gasteiger partial charge in [-0.05, 0) is 0 Å². The number of hydrogen-bond donors (Lipinski definition) is 0. The van der Waals surface area contributed by atoms with Gasteiger partial charge >= 0.3 is 214 Å². The van der Waals surface area contributed by atoms with Gasteiger partial charge in [-0.25, -0.2) is 0 Å². The van der Waals surface area contributed by atoms with Crippen LogP contribution in [0.15, 0.2) is 76.9 Å². The molecule has 3 heteroatoms. The van der Waals surface area contributed by atoms with Gasteiger partial charge in [0.15, 0.2) is 0 Å². The monoisotopic (exact) mass is 582 g/mol. The zero-order chi connectivity index (χ0) is 22.4. The Morgan fingerprint density at radius 1 is 1.03 bits per heavy atom. The summed E-state index contributed by atoms with van der Waals surface area (Å²) in [4.78, 5) is 0. The van der Waals surface area contributed by atoms with E-state index in [9.17, 15) is 0 Å². The van der Waals surface area contributed by atoms with E-state index >= 15 is 0 Å². The Morgan fingerprint density at radius 2 is 1.89 bits per heavy atom. The van der Waals surface area contributed by atoms with Gasteiger partial charge in [-0.15, -0.1) is 0 Å². The Bertz CT molecular complexity index is 1090. The predicted octanol–water partition coefficient (Wildman–Crippen LogP) is 2.92. The number of benzene rings is 1. The van der Waals surface area contributed by atoms with Crippen LogP contribution in [0.4, 0.5) is 0 Å². The Hall–Kier alpha value is -0.617. The third-order valence-electron chi connectivity index (χ3n) is 9.04. The van der Waals surface area contributed by atoms with Crippen LogP contribution in [-0.4, -0.2) is 0 Å². The molecule has 5 aliphatic rings. The summed E-state index contributed by atoms with van der Waals surface area (Å²) in [5, 5.41) is 0. The summed E-state index contributed by atoms with van der Waals surface area (Å²) >= 11 is -0.338. The fraction of sp³-hybridized carbons (Fsp3) is 0.500. The fourth-order valence-electron chi connectivity index (χ4n) is 7.72. The minimum Gasteiger partial charge on any atom is -1.00 e. The Morgan fingerprint density at radius 3 is 2.71 bits per heavy atom. The second-order valence-electron chi connectivity index (χ2n) is 10.9. The molecule has 0 aliphatic heterocycles. The van der Waals surface area contributed by atoms with Crippen molar-refractivity contribution >= 4 is 5.57 Å². The fourth-order valence-corrected chi connectivity index (χ4v) is 11.4. The van der Waals surface area contributed by atoms with Crippen molar-refractivity contribution in [3.05, 3.63) is 88.1 Å². The van der Waals surface area contributed by atoms with Gasteiger partial charge in [0.25, 0.3) is 0 Å². The second kappa shape index (κ2) is 11.8. The maximum atomic E-state index is 2.66. The minimum atomic E-state index is -0.338. The molecule has 5 aliphatic carbocycles. The van der Waals surface area contributed by atoms with Crippen LogP contribution in [0.5, 0.6) is 0 Å². The second-order valence-corrected chi connectivity index (χ2v) is 15.3. The van der Waals surface area contributed by atoms with Crippen molar-refractivity contribution in [1.82, 2.24) is 0 Å². The summed E-state index contributed by atoms with van der Waals surface area (Å²) < 4.78 is 2.47. The summed E-state index contributed by atoms with van der Waals surface area (Å²) in [6.45, 7) is 4.78. The van der Waals surface area contributed by atoms with Gasteiger partial charge in [-0.1, -0.05) is 0 Å². The first kappa shape index (κ1) is 27.4. The van der Waals surface area contributed by atoms with E-state index in [1.807, 2.05) is 5.57 Å². The van der Waals surface area contributed by atoms with E-state index in [2.05, 4.69) is 68.5 Å². The largest absolute Gasteiger partial charge is 1.00 e. The average molecular weight is 585 g/mol. The first-order valence-corrected chi connectivity index (χ1v) is 16.8. The summed E-state index contributed by atoms with van der Waals surface area (Å²) in [5.41, 5.74) is 11.9. The van der Waals surface area contributed by atoms with Crippen LogP contribution < -0.4 is 24.8 Å². The molecule has 1 saturated carbocycles. The number of unbranched alkanes of at least 4 members (excludes halogenated alkanes) is 1. The van der Waals surface area contributed by atoms with E-state index < -0.39 is 0 Å². The molecule has 0 N–H and O–H groups in total. The Labute approximate surface area is 236 Å². The number of fused-ring (bicyclic) bond motifs is 6. The maximum absolute atomic E-state index is 2.66. The van der Waals surface area contributed by atoms with Crippen molar-refractivity contribution in [2.45, 2.75) is 73.0 Å². The van der Waals surface area contributed by atoms with Gasteiger partial charge in [0.1, 0.15) is 0 Å². The van der Waals surface area contributed by atoms with Crippen molar-refractivity contribution < 1.29 is 48.0 Å². The summed E-state index contributed by atoms with van der Waals surface area (Å²) in [7, 11) is 0. The average Bonchev–Trinajstić information content (AvgIpc) is 3.47. The van der Waals surface area contributed by atoms with Crippen molar-refractivity contribution in [3.8, 4) is 0 Å². The van der Waals surface area contributed by atoms with Gasteiger partial charge in [0, 0.05) is 0 Å². The molecule has 6 rings (SSSR count). The van der Waals surface area contributed by atoms with E-state index in [-0.39, 0.29) is 48.0 Å². The van der Waals surface area contributed by atoms with E-state index in [0.717, 1.165) is 21.4 Å². The molecule has 0 aromatic heterocycles. The zero-order valence-corrected chi connectivity index (χ0v) is 25.2. The summed E-state index contributed by atoms with van der Waals surface area (Å²) in [6.07, 6.45) is 23.5. The van der Waals surface area contributed by atoms with Crippen LogP contribution in [0.2, 0.25) is 7.75 Å². The molecule has 0 bridgehead atoms. The molecule has 1 aromatic rings. The first-order valence-electron chi connectivity index (χ1n) is 13.6. The molecule has 5 atom stereocenters. The van der Waals surface area contributed by atoms with Gasteiger partial charge in [0.05, 0.1) is 0 Å². The van der Waals surface area contributed by atoms with Crippen LogP contribution >= 0.6 is 0 Å². The molecule has 184 valence electrons. The Kier molecular flexibility index (Phi) is 9.27. The third-order valence-corrected chi connectivity index (χ3v) is 12.7. The van der Waals surface area contributed by atoms with Gasteiger partial charge in [0.2, 0.25) is 0 Å². The van der Waals surface area contributed by atoms with Crippen LogP contribution in [0, 0.1) is 23.7 Å². The van der Waals surface area contributed by atoms with E-state index in [1.165, 1.54) is 55.5 Å². The molecule has 35 heavy (non-hydrogen) atoms. The maximum Gasteiger partial charge on any atom is -1.00 e. The molecule has 5 unspecified atom stereocenters. The summed E-state index contributed by atoms with van der Waals surface area (Å²) in [5.74, 6) is 2.92. The SMILES string of the molecule is CCCCC1=CC(C2CC=CC3=C4C(=C5[CH]([Zr+2][CH2]C)CCCC5C32)Cc2ccccc24)C=C1.[Cl-].[Cl-]. The van der Waals surface area contributed by atoms with Crippen LogP contribution in [0.1, 0.15) is 69.9 Å². The van der Waals surface area contributed by atoms with Crippen LogP contribution in [0.3, 0.4) is 0 Å². The van der Waals surface area contributed by atoms with E-state index in [0.29, 0.717) is 5.92 Å². The minimum absolute atomic E-state index is 0. The molecule has 0 nitrogen and oxygen atoms in total. The first-order chi connectivity index (χ1) is 16.3. The smallest absolute Gasteiger partial charge is 1.00 e. The molecule has 0 spiro atoms. The standard InChI is InChI=1S/C30H33.C2H5.2ClH.Zr/c1-2-3-9-20-16-17-22(18-20)24-14-8-15-27-29(24)26-13-7-6-12-25(26)28-19-21-10-4-5-11-23(21)30(27)28;1-2;;;/h4-5,8,10-12,15-18,22,24,26,29H,2-3,6-7,9,13-14,19H2,1H3;1H2,2H3;2*1H;/q;;;;+2/p-2. The number of halogens is 2. The molecule has 1 fully saturated rings. The van der Waals surface area contributed by atoms with Crippen molar-refractivity contribution in [3.63, 3.8) is 0 Å². The third kappa shape index (κ3) is 4.84. The molecule has 0 radical (unpaired) electrons. The van der Waals surface area contributed by atoms with Crippen molar-refractivity contribution in [2.24, 2.45) is 23.7 Å². The van der Waals surface area contributed by atoms with Crippen LogP contribution in [0.25, 0.3) is 5.57 Å². The Balaban J connectivity index is 0.00000144. The molecular weight excluding hydrogens is 546 g/mol.